The molecule has 0 radical (unpaired) electrons. The van der Waals surface area contributed by atoms with Crippen LogP contribution in [0.25, 0.3) is 0 Å². The molecule has 2 N–H and O–H groups in total. The molecule has 4 aliphatic carbocycles. The Labute approximate surface area is 125 Å². The molecule has 1 amide bonds. The summed E-state index contributed by atoms with van der Waals surface area (Å²) in [5.74, 6) is 0.648. The first-order valence-corrected chi connectivity index (χ1v) is 7.89. The number of esters is 1. The number of methoxy groups -OCH3 is 1. The molecule has 5 heteroatoms. The summed E-state index contributed by atoms with van der Waals surface area (Å²) >= 11 is 0. The number of carbonyl (C=O) groups excluding carboxylic acids is 2. The second kappa shape index (κ2) is 4.97. The number of amides is 1. The lowest BCUT2D eigenvalue weighted by Crippen LogP contribution is -2.59. The summed E-state index contributed by atoms with van der Waals surface area (Å²) in [7, 11) is 1.27. The average molecular weight is 295 g/mol. The van der Waals surface area contributed by atoms with Crippen LogP contribution in [0.4, 0.5) is 0 Å². The molecule has 21 heavy (non-hydrogen) atoms. The zero-order valence-electron chi connectivity index (χ0n) is 12.9. The Morgan fingerprint density at radius 1 is 1.29 bits per heavy atom. The van der Waals surface area contributed by atoms with Gasteiger partial charge in [-0.2, -0.15) is 0 Å². The SMILES string of the molecule is COC(=O)C(CO)NC(=O)C12CC3CC(CC(C)(C3)C1)C2. The third kappa shape index (κ3) is 2.45. The smallest absolute Gasteiger partial charge is 0.330 e. The van der Waals surface area contributed by atoms with Gasteiger partial charge < -0.3 is 15.2 Å². The van der Waals surface area contributed by atoms with Crippen LogP contribution in [0, 0.1) is 22.7 Å². The molecular weight excluding hydrogens is 270 g/mol. The van der Waals surface area contributed by atoms with Crippen LogP contribution in [0.1, 0.15) is 45.4 Å². The molecule has 4 rings (SSSR count). The molecule has 3 unspecified atom stereocenters. The summed E-state index contributed by atoms with van der Waals surface area (Å²) in [6, 6.07) is -0.941. The summed E-state index contributed by atoms with van der Waals surface area (Å²) in [5.41, 5.74) is -0.0539. The lowest BCUT2D eigenvalue weighted by Gasteiger charge is -2.60. The van der Waals surface area contributed by atoms with Crippen molar-refractivity contribution in [2.75, 3.05) is 13.7 Å². The second-order valence-electron chi connectivity index (χ2n) is 7.78. The summed E-state index contributed by atoms with van der Waals surface area (Å²) < 4.78 is 4.63. The zero-order chi connectivity index (χ0) is 15.3. The fraction of sp³-hybridized carbons (Fsp3) is 0.875. The van der Waals surface area contributed by atoms with Gasteiger partial charge in [0.1, 0.15) is 0 Å². The normalized spacial score (nSPS) is 41.7. The first kappa shape index (κ1) is 14.8. The summed E-state index contributed by atoms with van der Waals surface area (Å²) in [5, 5.41) is 12.0. The van der Waals surface area contributed by atoms with Crippen LogP contribution in [-0.2, 0) is 14.3 Å². The molecular formula is C16H25NO4. The second-order valence-corrected chi connectivity index (χ2v) is 7.78. The highest BCUT2D eigenvalue weighted by Crippen LogP contribution is 2.65. The Bertz CT molecular complexity index is 447. The first-order chi connectivity index (χ1) is 9.89. The van der Waals surface area contributed by atoms with E-state index in [2.05, 4.69) is 17.0 Å². The van der Waals surface area contributed by atoms with Gasteiger partial charge in [-0.05, 0) is 55.8 Å². The van der Waals surface area contributed by atoms with Crippen LogP contribution >= 0.6 is 0 Å². The largest absolute Gasteiger partial charge is 0.467 e. The van der Waals surface area contributed by atoms with Gasteiger partial charge in [0.15, 0.2) is 6.04 Å². The van der Waals surface area contributed by atoms with Gasteiger partial charge in [-0.1, -0.05) is 6.92 Å². The van der Waals surface area contributed by atoms with Crippen molar-refractivity contribution in [3.63, 3.8) is 0 Å². The monoisotopic (exact) mass is 295 g/mol. The van der Waals surface area contributed by atoms with E-state index in [1.807, 2.05) is 0 Å². The average Bonchev–Trinajstić information content (AvgIpc) is 2.40. The number of rotatable bonds is 4. The molecule has 0 aromatic rings. The molecule has 4 aliphatic rings. The summed E-state index contributed by atoms with van der Waals surface area (Å²) in [6.07, 6.45) is 6.51. The van der Waals surface area contributed by atoms with E-state index in [4.69, 9.17) is 0 Å². The van der Waals surface area contributed by atoms with Gasteiger partial charge in [0.2, 0.25) is 5.91 Å². The van der Waals surface area contributed by atoms with E-state index in [0.717, 1.165) is 19.3 Å². The number of nitrogens with one attached hydrogen (secondary N) is 1. The molecule has 118 valence electrons. The van der Waals surface area contributed by atoms with Crippen molar-refractivity contribution in [2.45, 2.75) is 51.5 Å². The number of carbonyl (C=O) groups is 2. The van der Waals surface area contributed by atoms with Crippen molar-refractivity contribution in [3.05, 3.63) is 0 Å². The minimum atomic E-state index is -0.941. The Kier molecular flexibility index (Phi) is 3.51. The topological polar surface area (TPSA) is 75.6 Å². The standard InChI is InChI=1S/C16H25NO4/c1-15-4-10-3-11(5-15)7-16(6-10,9-15)14(20)17-12(8-18)13(19)21-2/h10-12,18H,3-9H2,1-2H3,(H,17,20). The molecule has 0 heterocycles. The van der Waals surface area contributed by atoms with Gasteiger partial charge >= 0.3 is 5.97 Å². The van der Waals surface area contributed by atoms with E-state index < -0.39 is 18.6 Å². The third-order valence-corrected chi connectivity index (χ3v) is 5.81. The molecule has 0 aromatic carbocycles. The highest BCUT2D eigenvalue weighted by Gasteiger charge is 2.59. The minimum Gasteiger partial charge on any atom is -0.467 e. The van der Waals surface area contributed by atoms with Crippen LogP contribution in [0.5, 0.6) is 0 Å². The van der Waals surface area contributed by atoms with Crippen LogP contribution in [0.2, 0.25) is 0 Å². The van der Waals surface area contributed by atoms with Gasteiger partial charge in [0.05, 0.1) is 19.1 Å². The van der Waals surface area contributed by atoms with Crippen molar-refractivity contribution >= 4 is 11.9 Å². The van der Waals surface area contributed by atoms with E-state index in [1.165, 1.54) is 26.4 Å². The number of aliphatic hydroxyl groups is 1. The van der Waals surface area contributed by atoms with Gasteiger partial charge in [0.25, 0.3) is 0 Å². The van der Waals surface area contributed by atoms with E-state index in [1.54, 1.807) is 0 Å². The van der Waals surface area contributed by atoms with Crippen molar-refractivity contribution < 1.29 is 19.4 Å². The summed E-state index contributed by atoms with van der Waals surface area (Å²) in [4.78, 5) is 24.4. The van der Waals surface area contributed by atoms with Gasteiger partial charge in [-0.15, -0.1) is 0 Å². The molecule has 0 spiro atoms. The Morgan fingerprint density at radius 2 is 1.90 bits per heavy atom. The van der Waals surface area contributed by atoms with Gasteiger partial charge in [0, 0.05) is 0 Å². The third-order valence-electron chi connectivity index (χ3n) is 5.81. The Hall–Kier alpha value is -1.10. The lowest BCUT2D eigenvalue weighted by atomic mass is 9.44. The minimum absolute atomic E-state index is 0.0627. The predicted octanol–water partition coefficient (Wildman–Crippen LogP) is 1.24. The number of ether oxygens (including phenoxy) is 1. The molecule has 0 saturated heterocycles. The highest BCUT2D eigenvalue weighted by atomic mass is 16.5. The van der Waals surface area contributed by atoms with Gasteiger partial charge in [-0.25, -0.2) is 4.79 Å². The van der Waals surface area contributed by atoms with Crippen LogP contribution in [0.15, 0.2) is 0 Å². The quantitative estimate of drug-likeness (QED) is 0.765. The highest BCUT2D eigenvalue weighted by molar-refractivity contribution is 5.88. The van der Waals surface area contributed by atoms with Crippen LogP contribution in [-0.4, -0.2) is 36.7 Å². The molecule has 0 aliphatic heterocycles. The Balaban J connectivity index is 1.76. The molecule has 4 saturated carbocycles. The first-order valence-electron chi connectivity index (χ1n) is 7.89. The van der Waals surface area contributed by atoms with Gasteiger partial charge in [-0.3, -0.25) is 4.79 Å². The Morgan fingerprint density at radius 3 is 2.38 bits per heavy atom. The number of aliphatic hydroxyl groups excluding tert-OH is 1. The number of hydrogen-bond donors (Lipinski definition) is 2. The maximum absolute atomic E-state index is 12.8. The number of hydrogen-bond acceptors (Lipinski definition) is 4. The van der Waals surface area contributed by atoms with E-state index in [-0.39, 0.29) is 16.7 Å². The maximum atomic E-state index is 12.8. The molecule has 3 atom stereocenters. The van der Waals surface area contributed by atoms with E-state index >= 15 is 0 Å². The van der Waals surface area contributed by atoms with Crippen molar-refractivity contribution in [1.29, 1.82) is 0 Å². The molecule has 4 bridgehead atoms. The molecule has 5 nitrogen and oxygen atoms in total. The van der Waals surface area contributed by atoms with Crippen LogP contribution in [0.3, 0.4) is 0 Å². The van der Waals surface area contributed by atoms with Crippen molar-refractivity contribution in [1.82, 2.24) is 5.32 Å². The lowest BCUT2D eigenvalue weighted by molar-refractivity contribution is -0.159. The summed E-state index contributed by atoms with van der Waals surface area (Å²) in [6.45, 7) is 1.88. The molecule has 4 fully saturated rings. The predicted molar refractivity (Wildman–Crippen MR) is 76.3 cm³/mol. The fourth-order valence-electron chi connectivity index (χ4n) is 5.62. The maximum Gasteiger partial charge on any atom is 0.330 e. The van der Waals surface area contributed by atoms with E-state index in [0.29, 0.717) is 11.8 Å². The van der Waals surface area contributed by atoms with Crippen molar-refractivity contribution in [2.24, 2.45) is 22.7 Å². The fourth-order valence-corrected chi connectivity index (χ4v) is 5.62. The van der Waals surface area contributed by atoms with E-state index in [9.17, 15) is 14.7 Å². The van der Waals surface area contributed by atoms with Crippen LogP contribution < -0.4 is 5.32 Å². The molecule has 0 aromatic heterocycles. The zero-order valence-corrected chi connectivity index (χ0v) is 12.9. The van der Waals surface area contributed by atoms with Crippen molar-refractivity contribution in [3.8, 4) is 0 Å².